The maximum atomic E-state index is 12.6. The Hall–Kier alpha value is -1.74. The third-order valence-corrected chi connectivity index (χ3v) is 5.99. The smallest absolute Gasteiger partial charge is 0.243 e. The molecule has 3 aromatic rings. The van der Waals surface area contributed by atoms with Gasteiger partial charge in [-0.05, 0) is 36.4 Å². The first-order valence-corrected chi connectivity index (χ1v) is 9.78. The summed E-state index contributed by atoms with van der Waals surface area (Å²) in [7, 11) is -2.23. The maximum Gasteiger partial charge on any atom is 0.243 e. The van der Waals surface area contributed by atoms with E-state index >= 15 is 0 Å². The number of rotatable bonds is 5. The van der Waals surface area contributed by atoms with Crippen molar-refractivity contribution in [1.82, 2.24) is 14.4 Å². The first kappa shape index (κ1) is 18.1. The van der Waals surface area contributed by atoms with Crippen LogP contribution in [0.25, 0.3) is 11.4 Å². The minimum atomic E-state index is -3.68. The van der Waals surface area contributed by atoms with Crippen LogP contribution in [-0.2, 0) is 16.6 Å². The van der Waals surface area contributed by atoms with Gasteiger partial charge in [0, 0.05) is 22.1 Å². The Morgan fingerprint density at radius 1 is 1.20 bits per heavy atom. The van der Waals surface area contributed by atoms with E-state index in [4.69, 9.17) is 16.1 Å². The van der Waals surface area contributed by atoms with Crippen molar-refractivity contribution in [2.75, 3.05) is 7.05 Å². The monoisotopic (exact) mass is 441 g/mol. The molecule has 9 heteroatoms. The third-order valence-electron chi connectivity index (χ3n) is 3.43. The van der Waals surface area contributed by atoms with Crippen LogP contribution in [0.4, 0.5) is 0 Å². The number of aromatic nitrogens is 2. The second kappa shape index (κ2) is 7.25. The molecule has 25 heavy (non-hydrogen) atoms. The fourth-order valence-electron chi connectivity index (χ4n) is 2.13. The number of halogens is 2. The Balaban J connectivity index is 1.79. The maximum absolute atomic E-state index is 12.6. The number of hydrogen-bond acceptors (Lipinski definition) is 5. The molecule has 0 amide bonds. The van der Waals surface area contributed by atoms with Crippen LogP contribution in [0.1, 0.15) is 5.89 Å². The van der Waals surface area contributed by atoms with Crippen LogP contribution in [0.2, 0.25) is 5.02 Å². The van der Waals surface area contributed by atoms with E-state index in [-0.39, 0.29) is 17.3 Å². The molecule has 0 unspecified atom stereocenters. The summed E-state index contributed by atoms with van der Waals surface area (Å²) in [6.07, 6.45) is 0. The molecular weight excluding hydrogens is 430 g/mol. The number of hydrogen-bond donors (Lipinski definition) is 0. The summed E-state index contributed by atoms with van der Waals surface area (Å²) in [6, 6.07) is 13.4. The van der Waals surface area contributed by atoms with Crippen molar-refractivity contribution in [2.45, 2.75) is 11.4 Å². The largest absolute Gasteiger partial charge is 0.338 e. The van der Waals surface area contributed by atoms with Crippen molar-refractivity contribution in [3.05, 3.63) is 63.9 Å². The van der Waals surface area contributed by atoms with Crippen molar-refractivity contribution in [3.8, 4) is 11.4 Å². The molecule has 0 N–H and O–H groups in total. The SMILES string of the molecule is CN(Cc1nc(-c2cccc(Br)c2)no1)S(=O)(=O)c1ccc(Cl)cc1. The molecule has 1 heterocycles. The lowest BCUT2D eigenvalue weighted by Gasteiger charge is -2.14. The Morgan fingerprint density at radius 2 is 1.92 bits per heavy atom. The molecule has 2 aromatic carbocycles. The lowest BCUT2D eigenvalue weighted by atomic mass is 10.2. The zero-order valence-electron chi connectivity index (χ0n) is 13.1. The number of benzene rings is 2. The molecular formula is C16H13BrClN3O3S. The third kappa shape index (κ3) is 4.09. The highest BCUT2D eigenvalue weighted by Gasteiger charge is 2.23. The molecule has 0 aliphatic carbocycles. The zero-order valence-corrected chi connectivity index (χ0v) is 16.2. The van der Waals surface area contributed by atoms with E-state index in [1.807, 2.05) is 24.3 Å². The summed E-state index contributed by atoms with van der Waals surface area (Å²) in [6.45, 7) is -0.0358. The van der Waals surface area contributed by atoms with Crippen LogP contribution in [0.15, 0.2) is 62.4 Å². The van der Waals surface area contributed by atoms with Crippen molar-refractivity contribution in [3.63, 3.8) is 0 Å². The highest BCUT2D eigenvalue weighted by atomic mass is 79.9. The van der Waals surface area contributed by atoms with Crippen LogP contribution in [0.5, 0.6) is 0 Å². The Kier molecular flexibility index (Phi) is 5.24. The van der Waals surface area contributed by atoms with Crippen LogP contribution in [0.3, 0.4) is 0 Å². The average Bonchev–Trinajstić information content (AvgIpc) is 3.04. The topological polar surface area (TPSA) is 76.3 Å². The molecule has 0 spiro atoms. The molecule has 3 rings (SSSR count). The quantitative estimate of drug-likeness (QED) is 0.597. The first-order chi connectivity index (χ1) is 11.9. The molecule has 0 atom stereocenters. The highest BCUT2D eigenvalue weighted by Crippen LogP contribution is 2.22. The van der Waals surface area contributed by atoms with E-state index in [1.165, 1.54) is 31.3 Å². The van der Waals surface area contributed by atoms with Gasteiger partial charge >= 0.3 is 0 Å². The van der Waals surface area contributed by atoms with E-state index in [1.54, 1.807) is 0 Å². The summed E-state index contributed by atoms with van der Waals surface area (Å²) in [4.78, 5) is 4.40. The van der Waals surface area contributed by atoms with Gasteiger partial charge in [0.25, 0.3) is 0 Å². The van der Waals surface area contributed by atoms with Crippen molar-refractivity contribution >= 4 is 37.6 Å². The number of sulfonamides is 1. The van der Waals surface area contributed by atoms with E-state index < -0.39 is 10.0 Å². The molecule has 1 aromatic heterocycles. The molecule has 0 bridgehead atoms. The van der Waals surface area contributed by atoms with Crippen LogP contribution in [0, 0.1) is 0 Å². The Labute approximate surface area is 158 Å². The van der Waals surface area contributed by atoms with Gasteiger partial charge in [-0.1, -0.05) is 44.8 Å². The molecule has 0 aliphatic rings. The molecule has 6 nitrogen and oxygen atoms in total. The van der Waals surface area contributed by atoms with Crippen molar-refractivity contribution < 1.29 is 12.9 Å². The van der Waals surface area contributed by atoms with Crippen molar-refractivity contribution in [1.29, 1.82) is 0 Å². The predicted molar refractivity (Wildman–Crippen MR) is 97.5 cm³/mol. The summed E-state index contributed by atoms with van der Waals surface area (Å²) in [5, 5.41) is 4.37. The summed E-state index contributed by atoms with van der Waals surface area (Å²) in [5.74, 6) is 0.601. The van der Waals surface area contributed by atoms with Gasteiger partial charge in [0.15, 0.2) is 0 Å². The van der Waals surface area contributed by atoms with Gasteiger partial charge < -0.3 is 4.52 Å². The lowest BCUT2D eigenvalue weighted by Crippen LogP contribution is -2.26. The fraction of sp³-hybridized carbons (Fsp3) is 0.125. The summed E-state index contributed by atoms with van der Waals surface area (Å²) < 4.78 is 32.3. The standard InChI is InChI=1S/C16H13BrClN3O3S/c1-21(25(22,23)14-7-5-13(18)6-8-14)10-15-19-16(20-24-15)11-3-2-4-12(17)9-11/h2-9H,10H2,1H3. The average molecular weight is 443 g/mol. The van der Waals surface area contributed by atoms with E-state index in [0.717, 1.165) is 14.3 Å². The Bertz CT molecular complexity index is 990. The van der Waals surface area contributed by atoms with E-state index in [0.29, 0.717) is 10.8 Å². The molecule has 130 valence electrons. The molecule has 0 saturated carbocycles. The summed E-state index contributed by atoms with van der Waals surface area (Å²) >= 11 is 9.18. The lowest BCUT2D eigenvalue weighted by molar-refractivity contribution is 0.337. The second-order valence-corrected chi connectivity index (χ2v) is 8.63. The molecule has 0 aliphatic heterocycles. The minimum Gasteiger partial charge on any atom is -0.338 e. The van der Waals surface area contributed by atoms with E-state index in [9.17, 15) is 8.42 Å². The molecule has 0 radical (unpaired) electrons. The second-order valence-electron chi connectivity index (χ2n) is 5.24. The van der Waals surface area contributed by atoms with Gasteiger partial charge in [0.05, 0.1) is 11.4 Å². The predicted octanol–water partition coefficient (Wildman–Crippen LogP) is 3.97. The van der Waals surface area contributed by atoms with Crippen LogP contribution < -0.4 is 0 Å². The minimum absolute atomic E-state index is 0.0358. The molecule has 0 saturated heterocycles. The van der Waals surface area contributed by atoms with Crippen molar-refractivity contribution in [2.24, 2.45) is 0 Å². The van der Waals surface area contributed by atoms with Crippen LogP contribution in [-0.4, -0.2) is 29.9 Å². The van der Waals surface area contributed by atoms with Gasteiger partial charge in [-0.15, -0.1) is 0 Å². The molecule has 0 fully saturated rings. The highest BCUT2D eigenvalue weighted by molar-refractivity contribution is 9.10. The fourth-order valence-corrected chi connectivity index (χ4v) is 3.77. The van der Waals surface area contributed by atoms with Gasteiger partial charge in [-0.3, -0.25) is 0 Å². The van der Waals surface area contributed by atoms with E-state index in [2.05, 4.69) is 26.1 Å². The van der Waals surface area contributed by atoms with Crippen LogP contribution >= 0.6 is 27.5 Å². The van der Waals surface area contributed by atoms with Gasteiger partial charge in [-0.2, -0.15) is 9.29 Å². The van der Waals surface area contributed by atoms with Gasteiger partial charge in [0.2, 0.25) is 21.7 Å². The Morgan fingerprint density at radius 3 is 2.60 bits per heavy atom. The summed E-state index contributed by atoms with van der Waals surface area (Å²) in [5.41, 5.74) is 0.771. The number of nitrogens with zero attached hydrogens (tertiary/aromatic N) is 3. The van der Waals surface area contributed by atoms with Gasteiger partial charge in [-0.25, -0.2) is 8.42 Å². The zero-order chi connectivity index (χ0) is 18.0. The first-order valence-electron chi connectivity index (χ1n) is 7.17. The van der Waals surface area contributed by atoms with Gasteiger partial charge in [0.1, 0.15) is 0 Å². The normalized spacial score (nSPS) is 11.8.